The molecule has 0 radical (unpaired) electrons. The van der Waals surface area contributed by atoms with Gasteiger partial charge < -0.3 is 4.90 Å². The van der Waals surface area contributed by atoms with E-state index < -0.39 is 0 Å². The zero-order valence-corrected chi connectivity index (χ0v) is 11.4. The lowest BCUT2D eigenvalue weighted by Crippen LogP contribution is -2.28. The summed E-state index contributed by atoms with van der Waals surface area (Å²) in [6.45, 7) is 6.96. The molecule has 1 aliphatic heterocycles. The first kappa shape index (κ1) is 12.0. The molecule has 2 rings (SSSR count). The van der Waals surface area contributed by atoms with Crippen LogP contribution in [0.2, 0.25) is 0 Å². The van der Waals surface area contributed by atoms with Crippen molar-refractivity contribution in [1.29, 1.82) is 0 Å². The van der Waals surface area contributed by atoms with Crippen molar-refractivity contribution in [3.05, 3.63) is 22.7 Å². The summed E-state index contributed by atoms with van der Waals surface area (Å²) in [6, 6.07) is 0.668. The molecule has 0 spiro atoms. The Kier molecular flexibility index (Phi) is 3.92. The summed E-state index contributed by atoms with van der Waals surface area (Å²) < 4.78 is 0.812. The van der Waals surface area contributed by atoms with Gasteiger partial charge in [-0.25, -0.2) is 4.98 Å². The van der Waals surface area contributed by atoms with Gasteiger partial charge in [0, 0.05) is 18.8 Å². The molecule has 16 heavy (non-hydrogen) atoms. The average molecular weight is 284 g/mol. The first-order chi connectivity index (χ1) is 7.65. The first-order valence-corrected chi connectivity index (χ1v) is 6.65. The lowest BCUT2D eigenvalue weighted by atomic mass is 10.0. The van der Waals surface area contributed by atoms with Gasteiger partial charge in [-0.3, -0.25) is 4.98 Å². The third kappa shape index (κ3) is 3.01. The largest absolute Gasteiger partial charge is 0.301 e. The maximum Gasteiger partial charge on any atom is 0.124 e. The van der Waals surface area contributed by atoms with Crippen LogP contribution < -0.4 is 0 Å². The van der Waals surface area contributed by atoms with Crippen molar-refractivity contribution in [3.63, 3.8) is 0 Å². The lowest BCUT2D eigenvalue weighted by Gasteiger charge is -2.20. The minimum atomic E-state index is 0.668. The van der Waals surface area contributed by atoms with Crippen LogP contribution in [-0.2, 0) is 6.42 Å². The molecule has 1 aromatic heterocycles. The van der Waals surface area contributed by atoms with Crippen molar-refractivity contribution in [2.45, 2.75) is 32.7 Å². The molecule has 0 saturated carbocycles. The van der Waals surface area contributed by atoms with Crippen LogP contribution in [0.4, 0.5) is 0 Å². The first-order valence-electron chi connectivity index (χ1n) is 5.85. The summed E-state index contributed by atoms with van der Waals surface area (Å²) in [5, 5.41) is 0. The minimum Gasteiger partial charge on any atom is -0.301 e. The van der Waals surface area contributed by atoms with Crippen LogP contribution in [0.5, 0.6) is 0 Å². The Morgan fingerprint density at radius 3 is 2.81 bits per heavy atom. The van der Waals surface area contributed by atoms with Crippen LogP contribution in [0, 0.1) is 5.92 Å². The van der Waals surface area contributed by atoms with Crippen molar-refractivity contribution in [3.8, 4) is 0 Å². The van der Waals surface area contributed by atoms with Gasteiger partial charge in [0.25, 0.3) is 0 Å². The molecule has 0 aromatic carbocycles. The highest BCUT2D eigenvalue weighted by Crippen LogP contribution is 2.21. The van der Waals surface area contributed by atoms with Gasteiger partial charge in [0.05, 0.1) is 11.9 Å². The molecule has 3 nitrogen and oxygen atoms in total. The van der Waals surface area contributed by atoms with Crippen LogP contribution in [0.25, 0.3) is 0 Å². The minimum absolute atomic E-state index is 0.668. The van der Waals surface area contributed by atoms with E-state index in [-0.39, 0.29) is 0 Å². The van der Waals surface area contributed by atoms with E-state index in [1.54, 1.807) is 6.20 Å². The predicted molar refractivity (Wildman–Crippen MR) is 68.3 cm³/mol. The van der Waals surface area contributed by atoms with Gasteiger partial charge in [0.15, 0.2) is 0 Å². The smallest absolute Gasteiger partial charge is 0.124 e. The summed E-state index contributed by atoms with van der Waals surface area (Å²) in [4.78, 5) is 11.1. The van der Waals surface area contributed by atoms with Crippen LogP contribution in [-0.4, -0.2) is 34.0 Å². The lowest BCUT2D eigenvalue weighted by molar-refractivity contribution is 0.264. The summed E-state index contributed by atoms with van der Waals surface area (Å²) in [7, 11) is 0. The van der Waals surface area contributed by atoms with E-state index in [0.29, 0.717) is 6.04 Å². The standard InChI is InChI=1S/C12H18BrN3/c1-9(2)16-4-3-10(8-16)5-11-6-15-12(13)7-14-11/h6-7,9-10H,3-5,8H2,1-2H3. The molecule has 2 heterocycles. The molecule has 0 aliphatic carbocycles. The maximum atomic E-state index is 4.38. The number of halogens is 1. The van der Waals surface area contributed by atoms with E-state index in [1.165, 1.54) is 19.5 Å². The van der Waals surface area contributed by atoms with Gasteiger partial charge in [-0.1, -0.05) is 0 Å². The van der Waals surface area contributed by atoms with Gasteiger partial charge in [-0.05, 0) is 55.1 Å². The highest BCUT2D eigenvalue weighted by molar-refractivity contribution is 9.10. The number of likely N-dealkylation sites (tertiary alicyclic amines) is 1. The number of aromatic nitrogens is 2. The molecular weight excluding hydrogens is 266 g/mol. The number of nitrogens with zero attached hydrogens (tertiary/aromatic N) is 3. The molecule has 0 N–H and O–H groups in total. The van der Waals surface area contributed by atoms with Crippen LogP contribution in [0.15, 0.2) is 17.0 Å². The van der Waals surface area contributed by atoms with E-state index in [4.69, 9.17) is 0 Å². The average Bonchev–Trinajstić information content (AvgIpc) is 2.70. The Hall–Kier alpha value is -0.480. The molecule has 1 aliphatic rings. The normalized spacial score (nSPS) is 21.9. The number of hydrogen-bond donors (Lipinski definition) is 0. The van der Waals surface area contributed by atoms with E-state index in [0.717, 1.165) is 22.6 Å². The molecule has 0 bridgehead atoms. The summed E-state index contributed by atoms with van der Waals surface area (Å²) in [5.74, 6) is 0.748. The third-order valence-electron chi connectivity index (χ3n) is 3.22. The summed E-state index contributed by atoms with van der Waals surface area (Å²) >= 11 is 3.30. The highest BCUT2D eigenvalue weighted by Gasteiger charge is 2.24. The van der Waals surface area contributed by atoms with Gasteiger partial charge >= 0.3 is 0 Å². The topological polar surface area (TPSA) is 29.0 Å². The van der Waals surface area contributed by atoms with Crippen LogP contribution in [0.1, 0.15) is 26.0 Å². The Morgan fingerprint density at radius 2 is 2.25 bits per heavy atom. The van der Waals surface area contributed by atoms with Crippen LogP contribution in [0.3, 0.4) is 0 Å². The Morgan fingerprint density at radius 1 is 1.44 bits per heavy atom. The molecule has 0 amide bonds. The van der Waals surface area contributed by atoms with E-state index in [2.05, 4.69) is 44.6 Å². The summed E-state index contributed by atoms with van der Waals surface area (Å²) in [6.07, 6.45) is 6.01. The molecular formula is C12H18BrN3. The fourth-order valence-corrected chi connectivity index (χ4v) is 2.44. The SMILES string of the molecule is CC(C)N1CCC(Cc2cnc(Br)cn2)C1. The maximum absolute atomic E-state index is 4.38. The molecule has 1 aromatic rings. The van der Waals surface area contributed by atoms with Crippen molar-refractivity contribution < 1.29 is 0 Å². The van der Waals surface area contributed by atoms with Crippen molar-refractivity contribution in [2.75, 3.05) is 13.1 Å². The van der Waals surface area contributed by atoms with Gasteiger partial charge in [-0.2, -0.15) is 0 Å². The van der Waals surface area contributed by atoms with E-state index >= 15 is 0 Å². The van der Waals surface area contributed by atoms with Gasteiger partial charge in [0.1, 0.15) is 4.60 Å². The highest BCUT2D eigenvalue weighted by atomic mass is 79.9. The second-order valence-corrected chi connectivity index (χ2v) is 5.59. The molecule has 1 fully saturated rings. The molecule has 4 heteroatoms. The van der Waals surface area contributed by atoms with E-state index in [1.807, 2.05) is 6.20 Å². The van der Waals surface area contributed by atoms with Gasteiger partial charge in [0.2, 0.25) is 0 Å². The second kappa shape index (κ2) is 5.23. The Bertz CT molecular complexity index is 337. The fraction of sp³-hybridized carbons (Fsp3) is 0.667. The van der Waals surface area contributed by atoms with Crippen molar-refractivity contribution >= 4 is 15.9 Å². The zero-order chi connectivity index (χ0) is 11.5. The number of hydrogen-bond acceptors (Lipinski definition) is 3. The summed E-state index contributed by atoms with van der Waals surface area (Å²) in [5.41, 5.74) is 1.11. The molecule has 1 atom stereocenters. The fourth-order valence-electron chi connectivity index (χ4n) is 2.24. The van der Waals surface area contributed by atoms with Crippen LogP contribution >= 0.6 is 15.9 Å². The van der Waals surface area contributed by atoms with E-state index in [9.17, 15) is 0 Å². The van der Waals surface area contributed by atoms with Crippen molar-refractivity contribution in [2.24, 2.45) is 5.92 Å². The van der Waals surface area contributed by atoms with Gasteiger partial charge in [-0.15, -0.1) is 0 Å². The second-order valence-electron chi connectivity index (χ2n) is 4.78. The Labute approximate surface area is 105 Å². The monoisotopic (exact) mass is 283 g/mol. The molecule has 1 unspecified atom stereocenters. The quantitative estimate of drug-likeness (QED) is 0.854. The number of rotatable bonds is 3. The molecule has 88 valence electrons. The third-order valence-corrected chi connectivity index (χ3v) is 3.63. The van der Waals surface area contributed by atoms with Crippen molar-refractivity contribution in [1.82, 2.24) is 14.9 Å². The Balaban J connectivity index is 1.89. The zero-order valence-electron chi connectivity index (χ0n) is 9.86. The predicted octanol–water partition coefficient (Wildman–Crippen LogP) is 2.51. The molecule has 1 saturated heterocycles.